The molecule has 3 aromatic rings. The Hall–Kier alpha value is -3.07. The van der Waals surface area contributed by atoms with Crippen molar-refractivity contribution >= 4 is 17.3 Å². The Morgan fingerprint density at radius 3 is 2.42 bits per heavy atom. The Kier molecular flexibility index (Phi) is 5.12. The summed E-state index contributed by atoms with van der Waals surface area (Å²) in [6.45, 7) is 0. The number of rotatable bonds is 5. The van der Waals surface area contributed by atoms with Gasteiger partial charge in [0.2, 0.25) is 0 Å². The van der Waals surface area contributed by atoms with E-state index in [0.717, 1.165) is 5.56 Å². The summed E-state index contributed by atoms with van der Waals surface area (Å²) in [5.74, 6) is -1.39. The second-order valence-electron chi connectivity index (χ2n) is 8.17. The van der Waals surface area contributed by atoms with Crippen LogP contribution in [-0.2, 0) is 20.7 Å². The van der Waals surface area contributed by atoms with Gasteiger partial charge >= 0.3 is 5.97 Å². The van der Waals surface area contributed by atoms with E-state index in [9.17, 15) is 15.0 Å². The van der Waals surface area contributed by atoms with Gasteiger partial charge in [0.1, 0.15) is 23.4 Å². The van der Waals surface area contributed by atoms with Crippen LogP contribution in [0.5, 0.6) is 17.2 Å². The van der Waals surface area contributed by atoms with Crippen molar-refractivity contribution in [1.29, 1.82) is 0 Å². The van der Waals surface area contributed by atoms with Crippen LogP contribution in [0.4, 0.5) is 0 Å². The van der Waals surface area contributed by atoms with Gasteiger partial charge in [-0.15, -0.1) is 11.3 Å². The molecule has 0 saturated heterocycles. The average molecular weight is 469 g/mol. The topological polar surface area (TPSA) is 94.5 Å². The van der Waals surface area contributed by atoms with E-state index in [1.54, 1.807) is 12.1 Å². The maximum atomic E-state index is 13.1. The summed E-state index contributed by atoms with van der Waals surface area (Å²) in [6, 6.07) is 16.3. The minimum atomic E-state index is -2.01. The van der Waals surface area contributed by atoms with Crippen LogP contribution in [0.2, 0.25) is 0 Å². The van der Waals surface area contributed by atoms with Gasteiger partial charge in [-0.1, -0.05) is 36.4 Å². The molecule has 1 aliphatic heterocycles. The minimum absolute atomic E-state index is 0.277. The van der Waals surface area contributed by atoms with E-state index in [-0.39, 0.29) is 5.56 Å². The molecule has 0 bridgehead atoms. The Labute approximate surface area is 195 Å². The number of ether oxygens (including phenoxy) is 4. The third-order valence-corrected chi connectivity index (χ3v) is 7.78. The molecule has 7 nitrogen and oxygen atoms in total. The van der Waals surface area contributed by atoms with Crippen LogP contribution in [-0.4, -0.2) is 43.6 Å². The number of thiophene rings is 1. The summed E-state index contributed by atoms with van der Waals surface area (Å²) in [5.41, 5.74) is -2.51. The highest BCUT2D eigenvalue weighted by atomic mass is 32.1. The molecule has 1 aliphatic carbocycles. The molecule has 1 saturated carbocycles. The molecule has 0 spiro atoms. The quantitative estimate of drug-likeness (QED) is 0.556. The molecule has 33 heavy (non-hydrogen) atoms. The Morgan fingerprint density at radius 1 is 1.06 bits per heavy atom. The predicted molar refractivity (Wildman–Crippen MR) is 121 cm³/mol. The number of hydrogen-bond acceptors (Lipinski definition) is 8. The van der Waals surface area contributed by atoms with E-state index in [2.05, 4.69) is 0 Å². The van der Waals surface area contributed by atoms with E-state index in [0.29, 0.717) is 22.1 Å². The van der Waals surface area contributed by atoms with Gasteiger partial charge in [-0.25, -0.2) is 0 Å². The molecule has 8 heteroatoms. The number of aliphatic hydroxyl groups is 2. The summed E-state index contributed by atoms with van der Waals surface area (Å²) < 4.78 is 22.7. The lowest BCUT2D eigenvalue weighted by atomic mass is 9.73. The highest BCUT2D eigenvalue weighted by Gasteiger charge is 2.78. The average Bonchev–Trinajstić information content (AvgIpc) is 3.51. The number of fused-ring (bicyclic) bond motifs is 3. The molecule has 5 rings (SSSR count). The molecule has 5 atom stereocenters. The van der Waals surface area contributed by atoms with Gasteiger partial charge in [0.25, 0.3) is 0 Å². The fourth-order valence-electron chi connectivity index (χ4n) is 5.49. The molecule has 1 aromatic heterocycles. The van der Waals surface area contributed by atoms with Crippen molar-refractivity contribution in [3.05, 3.63) is 76.0 Å². The second-order valence-corrected chi connectivity index (χ2v) is 9.11. The zero-order valence-electron chi connectivity index (χ0n) is 18.3. The van der Waals surface area contributed by atoms with Crippen LogP contribution in [0.15, 0.2) is 60.0 Å². The molecule has 2 N–H and O–H groups in total. The smallest absolute Gasteiger partial charge is 0.312 e. The van der Waals surface area contributed by atoms with Crippen molar-refractivity contribution < 1.29 is 34.0 Å². The maximum Gasteiger partial charge on any atom is 0.312 e. The van der Waals surface area contributed by atoms with Gasteiger partial charge in [-0.05, 0) is 17.0 Å². The molecule has 5 unspecified atom stereocenters. The van der Waals surface area contributed by atoms with Crippen LogP contribution in [0.3, 0.4) is 0 Å². The third kappa shape index (κ3) is 2.71. The van der Waals surface area contributed by atoms with Crippen molar-refractivity contribution in [2.24, 2.45) is 5.92 Å². The van der Waals surface area contributed by atoms with E-state index in [4.69, 9.17) is 18.9 Å². The number of carbonyl (C=O) groups is 1. The van der Waals surface area contributed by atoms with Crippen molar-refractivity contribution in [2.75, 3.05) is 21.3 Å². The molecular formula is C25H24O7S. The molecule has 0 amide bonds. The predicted octanol–water partition coefficient (Wildman–Crippen LogP) is 3.19. The highest BCUT2D eigenvalue weighted by Crippen LogP contribution is 2.70. The summed E-state index contributed by atoms with van der Waals surface area (Å²) in [7, 11) is 4.26. The summed E-state index contributed by atoms with van der Waals surface area (Å²) in [4.78, 5) is 13.7. The molecule has 2 aromatic carbocycles. The van der Waals surface area contributed by atoms with Gasteiger partial charge in [0.05, 0.1) is 37.7 Å². The Morgan fingerprint density at radius 2 is 1.82 bits per heavy atom. The summed E-state index contributed by atoms with van der Waals surface area (Å²) >= 11 is 1.38. The first kappa shape index (κ1) is 21.8. The summed E-state index contributed by atoms with van der Waals surface area (Å²) in [6.07, 6.45) is -1.54. The van der Waals surface area contributed by atoms with Gasteiger partial charge in [0, 0.05) is 18.1 Å². The first-order valence-corrected chi connectivity index (χ1v) is 11.3. The normalized spacial score (nSPS) is 29.7. The fraction of sp³-hybridized carbons (Fsp3) is 0.320. The van der Waals surface area contributed by atoms with Crippen LogP contribution in [0.25, 0.3) is 0 Å². The standard InChI is InChI=1S/C25H24O7S/c1-29-15-12-16(30-2)21-17(13-15)32-25(18-10-7-11-33-18)20(14-8-5-4-6-9-14)19(23(27)31-3)22(26)24(21,25)28/h4-13,19-20,22,26,28H,1-3H3. The highest BCUT2D eigenvalue weighted by molar-refractivity contribution is 7.10. The van der Waals surface area contributed by atoms with Crippen molar-refractivity contribution in [3.8, 4) is 17.2 Å². The van der Waals surface area contributed by atoms with E-state index < -0.39 is 35.1 Å². The molecule has 1 fully saturated rings. The number of benzene rings is 2. The van der Waals surface area contributed by atoms with Gasteiger partial charge in [-0.3, -0.25) is 4.79 Å². The number of esters is 1. The molecule has 172 valence electrons. The first-order chi connectivity index (χ1) is 15.9. The maximum absolute atomic E-state index is 13.1. The first-order valence-electron chi connectivity index (χ1n) is 10.5. The van der Waals surface area contributed by atoms with Crippen molar-refractivity contribution in [3.63, 3.8) is 0 Å². The van der Waals surface area contributed by atoms with Crippen LogP contribution >= 0.6 is 11.3 Å². The molecule has 2 aliphatic rings. The molecule has 2 heterocycles. The zero-order valence-corrected chi connectivity index (χ0v) is 19.2. The summed E-state index contributed by atoms with van der Waals surface area (Å²) in [5, 5.41) is 26.1. The third-order valence-electron chi connectivity index (χ3n) is 6.80. The van der Waals surface area contributed by atoms with E-state index >= 15 is 0 Å². The van der Waals surface area contributed by atoms with Gasteiger partial charge in [0.15, 0.2) is 11.2 Å². The number of carbonyl (C=O) groups excluding carboxylic acids is 1. The zero-order chi connectivity index (χ0) is 23.4. The number of aliphatic hydroxyl groups excluding tert-OH is 1. The lowest BCUT2D eigenvalue weighted by Crippen LogP contribution is -2.51. The largest absolute Gasteiger partial charge is 0.496 e. The second kappa shape index (κ2) is 7.76. The minimum Gasteiger partial charge on any atom is -0.496 e. The Bertz CT molecular complexity index is 1180. The molecule has 0 radical (unpaired) electrons. The van der Waals surface area contributed by atoms with E-state index in [1.165, 1.54) is 32.7 Å². The van der Waals surface area contributed by atoms with Crippen LogP contribution < -0.4 is 14.2 Å². The SMILES string of the molecule is COC(=O)C1C(O)C2(O)c3c(OC)cc(OC)cc3OC2(c2cccs2)C1c1ccccc1. The Balaban J connectivity index is 1.88. The van der Waals surface area contributed by atoms with Crippen LogP contribution in [0.1, 0.15) is 21.9 Å². The number of methoxy groups -OCH3 is 3. The lowest BCUT2D eigenvalue weighted by Gasteiger charge is -2.39. The monoisotopic (exact) mass is 468 g/mol. The lowest BCUT2D eigenvalue weighted by molar-refractivity contribution is -0.160. The fourth-order valence-corrected chi connectivity index (χ4v) is 6.45. The van der Waals surface area contributed by atoms with E-state index in [1.807, 2.05) is 47.8 Å². The van der Waals surface area contributed by atoms with Crippen molar-refractivity contribution in [1.82, 2.24) is 0 Å². The van der Waals surface area contributed by atoms with Crippen molar-refractivity contribution in [2.45, 2.75) is 23.2 Å². The molecular weight excluding hydrogens is 444 g/mol. The number of hydrogen-bond donors (Lipinski definition) is 2. The van der Waals surface area contributed by atoms with Gasteiger partial charge < -0.3 is 29.2 Å². The van der Waals surface area contributed by atoms with Gasteiger partial charge in [-0.2, -0.15) is 0 Å². The van der Waals surface area contributed by atoms with Crippen LogP contribution in [0, 0.1) is 5.92 Å².